The maximum Gasteiger partial charge on any atom is 0.434 e. The van der Waals surface area contributed by atoms with Crippen molar-refractivity contribution < 1.29 is 32.1 Å². The van der Waals surface area contributed by atoms with Crippen molar-refractivity contribution in [2.24, 2.45) is 7.05 Å². The molecule has 3 aromatic rings. The van der Waals surface area contributed by atoms with Crippen LogP contribution in [0.1, 0.15) is 23.9 Å². The molecule has 1 aliphatic heterocycles. The second-order valence-corrected chi connectivity index (χ2v) is 10.2. The zero-order valence-electron chi connectivity index (χ0n) is 20.0. The fraction of sp³-hybridized carbons (Fsp3) is 0.381. The summed E-state index contributed by atoms with van der Waals surface area (Å²) in [5.74, 6) is -4.04. The van der Waals surface area contributed by atoms with E-state index >= 15 is 0 Å². The number of alkyl halides is 2. The number of ether oxygens (including phenoxy) is 1. The molecule has 3 atom stereocenters. The number of nitro groups is 1. The number of hydrogen-bond acceptors (Lipinski definition) is 10. The Balaban J connectivity index is 1.47. The first-order chi connectivity index (χ1) is 18.0. The van der Waals surface area contributed by atoms with Crippen molar-refractivity contribution in [1.29, 1.82) is 0 Å². The van der Waals surface area contributed by atoms with Crippen LogP contribution in [0, 0.1) is 10.1 Å². The quantitative estimate of drug-likeness (QED) is 0.202. The van der Waals surface area contributed by atoms with E-state index in [0.717, 1.165) is 16.3 Å². The minimum atomic E-state index is -4.17. The average Bonchev–Trinajstić information content (AvgIpc) is 3.39. The summed E-state index contributed by atoms with van der Waals surface area (Å²) in [6, 6.07) is 10.0. The van der Waals surface area contributed by atoms with Crippen LogP contribution in [0.25, 0.3) is 0 Å². The van der Waals surface area contributed by atoms with Gasteiger partial charge in [-0.25, -0.2) is 27.8 Å². The molecule has 14 nitrogen and oxygen atoms in total. The molecule has 0 aliphatic carbocycles. The maximum atomic E-state index is 14.7. The number of halogens is 2. The van der Waals surface area contributed by atoms with Gasteiger partial charge >= 0.3 is 19.4 Å². The van der Waals surface area contributed by atoms with Crippen LogP contribution in [0.3, 0.4) is 0 Å². The first-order valence-corrected chi connectivity index (χ1v) is 12.7. The summed E-state index contributed by atoms with van der Waals surface area (Å²) >= 11 is 0. The van der Waals surface area contributed by atoms with Gasteiger partial charge < -0.3 is 20.6 Å². The molecule has 0 bridgehead atoms. The van der Waals surface area contributed by atoms with E-state index in [2.05, 4.69) is 15.1 Å². The van der Waals surface area contributed by atoms with Crippen molar-refractivity contribution in [3.63, 3.8) is 0 Å². The van der Waals surface area contributed by atoms with Crippen LogP contribution in [0.5, 0.6) is 0 Å². The second-order valence-electron chi connectivity index (χ2n) is 8.37. The summed E-state index contributed by atoms with van der Waals surface area (Å²) in [5.41, 5.74) is 5.36. The van der Waals surface area contributed by atoms with Gasteiger partial charge in [0.25, 0.3) is 5.92 Å². The van der Waals surface area contributed by atoms with Crippen LogP contribution in [0.4, 0.5) is 20.5 Å². The summed E-state index contributed by atoms with van der Waals surface area (Å²) in [6.07, 6.45) is -1.82. The topological polar surface area (TPSA) is 179 Å². The lowest BCUT2D eigenvalue weighted by Gasteiger charge is -2.21. The van der Waals surface area contributed by atoms with Gasteiger partial charge in [0.2, 0.25) is 6.23 Å². The number of hydrogen-bond donors (Lipinski definition) is 2. The van der Waals surface area contributed by atoms with E-state index in [9.17, 15) is 28.3 Å². The fourth-order valence-electron chi connectivity index (χ4n) is 3.69. The van der Waals surface area contributed by atoms with Gasteiger partial charge in [-0.3, -0.25) is 13.6 Å². The molecule has 1 aliphatic rings. The standard InChI is InChI=1S/C21H24F2N7O7P/c1-28-15(11-25-19(28)30(32)33)12-35-38(34,26-10-14-5-3-2-4-6-14)36-13-16-9-21(22,23)18(37-16)29-8-7-17(24)27-20(29)31/h2-8,11,16,18H,9-10,12-13H2,1H3,(H,26,34)(H2,24,27,31)/t16-,18+,38?/m0/s1. The van der Waals surface area contributed by atoms with Crippen molar-refractivity contribution in [2.45, 2.75) is 37.8 Å². The molecule has 1 saturated heterocycles. The van der Waals surface area contributed by atoms with Crippen molar-refractivity contribution in [2.75, 3.05) is 12.3 Å². The highest BCUT2D eigenvalue weighted by atomic mass is 31.2. The third kappa shape index (κ3) is 6.28. The molecule has 17 heteroatoms. The number of imidazole rings is 1. The maximum absolute atomic E-state index is 14.7. The van der Waals surface area contributed by atoms with Gasteiger partial charge in [-0.2, -0.15) is 4.98 Å². The Labute approximate surface area is 214 Å². The molecule has 4 rings (SSSR count). The summed E-state index contributed by atoms with van der Waals surface area (Å²) in [7, 11) is -2.79. The Kier molecular flexibility index (Phi) is 7.99. The smallest absolute Gasteiger partial charge is 0.390 e. The Bertz CT molecular complexity index is 1400. The van der Waals surface area contributed by atoms with Crippen molar-refractivity contribution in [3.8, 4) is 0 Å². The average molecular weight is 555 g/mol. The number of nitrogens with one attached hydrogen (secondary N) is 1. The van der Waals surface area contributed by atoms with Gasteiger partial charge in [-0.15, -0.1) is 0 Å². The molecule has 3 N–H and O–H groups in total. The Morgan fingerprint density at radius 3 is 2.71 bits per heavy atom. The van der Waals surface area contributed by atoms with Crippen LogP contribution in [-0.2, 0) is 38.5 Å². The lowest BCUT2D eigenvalue weighted by molar-refractivity contribution is -0.396. The normalized spacial score (nSPS) is 20.3. The number of nitrogen functional groups attached to an aromatic ring is 1. The molecular formula is C21H24F2N7O7P. The molecule has 1 unspecified atom stereocenters. The van der Waals surface area contributed by atoms with Gasteiger partial charge in [0.15, 0.2) is 0 Å². The van der Waals surface area contributed by atoms with E-state index in [0.29, 0.717) is 4.57 Å². The molecule has 0 amide bonds. The monoisotopic (exact) mass is 555 g/mol. The molecular weight excluding hydrogens is 531 g/mol. The number of nitrogens with zero attached hydrogens (tertiary/aromatic N) is 5. The summed E-state index contributed by atoms with van der Waals surface area (Å²) < 4.78 is 61.0. The Morgan fingerprint density at radius 2 is 2.05 bits per heavy atom. The van der Waals surface area contributed by atoms with Crippen LogP contribution < -0.4 is 16.5 Å². The van der Waals surface area contributed by atoms with Gasteiger partial charge in [-0.05, 0) is 16.6 Å². The Hall–Kier alpha value is -3.56. The first-order valence-electron chi connectivity index (χ1n) is 11.2. The van der Waals surface area contributed by atoms with E-state index in [4.69, 9.17) is 19.5 Å². The third-order valence-corrected chi connectivity index (χ3v) is 7.15. The molecule has 0 radical (unpaired) electrons. The Morgan fingerprint density at radius 1 is 1.32 bits per heavy atom. The molecule has 0 spiro atoms. The van der Waals surface area contributed by atoms with E-state index in [1.54, 1.807) is 30.3 Å². The minimum absolute atomic E-state index is 0.0421. The summed E-state index contributed by atoms with van der Waals surface area (Å²) in [6.45, 7) is -0.929. The fourth-order valence-corrected chi connectivity index (χ4v) is 4.99. The first kappa shape index (κ1) is 27.5. The highest BCUT2D eigenvalue weighted by molar-refractivity contribution is 7.51. The van der Waals surface area contributed by atoms with Gasteiger partial charge in [0.1, 0.15) is 24.3 Å². The largest absolute Gasteiger partial charge is 0.434 e. The van der Waals surface area contributed by atoms with E-state index < -0.39 is 62.2 Å². The highest BCUT2D eigenvalue weighted by Gasteiger charge is 2.52. The zero-order valence-corrected chi connectivity index (χ0v) is 20.9. The predicted molar refractivity (Wildman–Crippen MR) is 128 cm³/mol. The molecule has 38 heavy (non-hydrogen) atoms. The lowest BCUT2D eigenvalue weighted by atomic mass is 10.2. The molecule has 1 aromatic carbocycles. The highest BCUT2D eigenvalue weighted by Crippen LogP contribution is 2.48. The number of nitrogens with two attached hydrogens (primary N) is 1. The number of rotatable bonds is 11. The molecule has 1 fully saturated rings. The van der Waals surface area contributed by atoms with Crippen molar-refractivity contribution in [3.05, 3.63) is 80.6 Å². The van der Waals surface area contributed by atoms with Crippen LogP contribution in [0.15, 0.2) is 53.6 Å². The van der Waals surface area contributed by atoms with Crippen LogP contribution in [0.2, 0.25) is 0 Å². The van der Waals surface area contributed by atoms with E-state index in [1.807, 2.05) is 0 Å². The SMILES string of the molecule is Cn1c(COP(=O)(NCc2ccccc2)OC[C@@H]2CC(F)(F)[C@H](n3ccc(N)nc3=O)O2)cnc1[N+](=O)[O-]. The minimum Gasteiger partial charge on any atom is -0.390 e. The third-order valence-electron chi connectivity index (χ3n) is 5.64. The predicted octanol–water partition coefficient (Wildman–Crippen LogP) is 2.52. The van der Waals surface area contributed by atoms with Gasteiger partial charge in [0, 0.05) is 19.2 Å². The van der Waals surface area contributed by atoms with Crippen molar-refractivity contribution in [1.82, 2.24) is 24.2 Å². The molecule has 0 saturated carbocycles. The molecule has 3 heterocycles. The van der Waals surface area contributed by atoms with Crippen LogP contribution >= 0.6 is 7.75 Å². The van der Waals surface area contributed by atoms with Crippen molar-refractivity contribution >= 4 is 19.5 Å². The van der Waals surface area contributed by atoms with E-state index in [1.165, 1.54) is 19.3 Å². The zero-order chi connectivity index (χ0) is 27.5. The summed E-state index contributed by atoms with van der Waals surface area (Å²) in [5, 5.41) is 13.7. The molecule has 2 aromatic heterocycles. The van der Waals surface area contributed by atoms with Gasteiger partial charge in [0.05, 0.1) is 19.8 Å². The molecule has 204 valence electrons. The summed E-state index contributed by atoms with van der Waals surface area (Å²) in [4.78, 5) is 29.5. The van der Waals surface area contributed by atoms with E-state index in [-0.39, 0.29) is 18.1 Å². The second kappa shape index (κ2) is 11.0. The number of benzene rings is 1. The lowest BCUT2D eigenvalue weighted by Crippen LogP contribution is -2.35. The van der Waals surface area contributed by atoms with Gasteiger partial charge in [-0.1, -0.05) is 35.3 Å². The number of anilines is 1. The number of aromatic nitrogens is 4. The van der Waals surface area contributed by atoms with Crippen LogP contribution in [-0.4, -0.2) is 42.7 Å².